The number of halogens is 3. The van der Waals surface area contributed by atoms with Crippen molar-refractivity contribution in [2.75, 3.05) is 19.9 Å². The molecule has 0 saturated carbocycles. The van der Waals surface area contributed by atoms with Gasteiger partial charge in [-0.2, -0.15) is 0 Å². The first-order chi connectivity index (χ1) is 64.0. The molecule has 14 rings (SSSR count). The van der Waals surface area contributed by atoms with Crippen molar-refractivity contribution in [1.29, 1.82) is 5.41 Å². The summed E-state index contributed by atoms with van der Waals surface area (Å²) in [7, 11) is 0. The van der Waals surface area contributed by atoms with Crippen molar-refractivity contribution in [2.45, 2.75) is 263 Å². The van der Waals surface area contributed by atoms with Gasteiger partial charge in [0.1, 0.15) is 43.9 Å². The lowest BCUT2D eigenvalue weighted by Gasteiger charge is -2.51. The SMILES string of the molecule is CC1C(OC(=N)C(Cl)(Cl)Cl)OC(COCc2ccccc2)[C@@H](O[C@H]2OC(C)[C@H](C)[C@H](C)C2OCc2ccccc2)[C@@H]1C.CC1[C@H](O[C@@H]2C(OC(=O)c3ccccc3)[C@H](OCN(Cc3ccccc3)C(=O)OCc3ccccc3)OC(C)[C@@H]2C)OC(C)[C@H](C)[C@@H]1O[C@@H]1OC(COCc2ccccc2)[C@@H](O[C@H]2OC(C)[C@H](C)[C@H](C)C2OCc2ccccc2)[C@H](C)C1OC(=O)c1ccccc1. The molecule has 1 amide bonds. The minimum atomic E-state index is -2.00. The molecule has 6 heterocycles. The molecule has 0 radical (unpaired) electrons. The molecule has 6 aliphatic rings. The molecule has 24 nitrogen and oxygen atoms in total. The Kier molecular flexibility index (Phi) is 37.7. The summed E-state index contributed by atoms with van der Waals surface area (Å²) in [4.78, 5) is 44.2. The summed E-state index contributed by atoms with van der Waals surface area (Å²) >= 11 is 17.7. The van der Waals surface area contributed by atoms with Crippen LogP contribution in [0.25, 0.3) is 0 Å². The summed E-state index contributed by atoms with van der Waals surface area (Å²) in [6.45, 7) is 30.4. The lowest BCUT2D eigenvalue weighted by Crippen LogP contribution is -2.63. The van der Waals surface area contributed by atoms with E-state index in [2.05, 4.69) is 48.5 Å². The van der Waals surface area contributed by atoms with E-state index < -0.39 is 150 Å². The number of carbonyl (C=O) groups excluding carboxylic acids is 3. The van der Waals surface area contributed by atoms with E-state index in [9.17, 15) is 14.4 Å². The van der Waals surface area contributed by atoms with Crippen molar-refractivity contribution < 1.29 is 104 Å². The van der Waals surface area contributed by atoms with Gasteiger partial charge in [-0.3, -0.25) is 10.3 Å². The van der Waals surface area contributed by atoms with E-state index in [0.717, 1.165) is 33.4 Å². The zero-order valence-electron chi connectivity index (χ0n) is 78.3. The van der Waals surface area contributed by atoms with E-state index in [1.165, 1.54) is 4.90 Å². The van der Waals surface area contributed by atoms with Crippen LogP contribution in [0.5, 0.6) is 0 Å². The number of hydrogen-bond acceptors (Lipinski definition) is 23. The van der Waals surface area contributed by atoms with E-state index in [4.69, 9.17) is 130 Å². The predicted octanol–water partition coefficient (Wildman–Crippen LogP) is 20.5. The predicted molar refractivity (Wildman–Crippen MR) is 503 cm³/mol. The smallest absolute Gasteiger partial charge is 0.412 e. The van der Waals surface area contributed by atoms with Crippen LogP contribution in [-0.2, 0) is 130 Å². The molecule has 6 saturated heterocycles. The number of carbonyl (C=O) groups is 3. The summed E-state index contributed by atoms with van der Waals surface area (Å²) in [6, 6.07) is 76.3. The maximum absolute atomic E-state index is 14.4. The van der Waals surface area contributed by atoms with E-state index in [0.29, 0.717) is 37.6 Å². The second-order valence-corrected chi connectivity index (χ2v) is 38.7. The summed E-state index contributed by atoms with van der Waals surface area (Å²) < 4.78 is 124. The number of alkyl halides is 3. The molecule has 27 heteroatoms. The number of nitrogens with one attached hydrogen (secondary N) is 1. The third kappa shape index (κ3) is 27.6. The van der Waals surface area contributed by atoms with Crippen LogP contribution in [0.15, 0.2) is 243 Å². The van der Waals surface area contributed by atoms with Crippen LogP contribution in [0.3, 0.4) is 0 Å². The first kappa shape index (κ1) is 102. The molecule has 0 spiro atoms. The Morgan fingerprint density at radius 3 is 1.09 bits per heavy atom. The van der Waals surface area contributed by atoms with Gasteiger partial charge in [-0.05, 0) is 115 Å². The highest BCUT2D eigenvalue weighted by molar-refractivity contribution is 6.76. The Morgan fingerprint density at radius 2 is 0.647 bits per heavy atom. The molecule has 718 valence electrons. The summed E-state index contributed by atoms with van der Waals surface area (Å²) in [6.07, 6.45) is -14.5. The summed E-state index contributed by atoms with van der Waals surface area (Å²) in [5.74, 6) is -3.11. The fourth-order valence-corrected chi connectivity index (χ4v) is 17.9. The topological polar surface area (TPSA) is 254 Å². The molecule has 133 heavy (non-hydrogen) atoms. The maximum atomic E-state index is 14.4. The van der Waals surface area contributed by atoms with Gasteiger partial charge in [-0.25, -0.2) is 14.4 Å². The zero-order chi connectivity index (χ0) is 94.4. The van der Waals surface area contributed by atoms with Crippen LogP contribution < -0.4 is 0 Å². The Bertz CT molecular complexity index is 4820. The summed E-state index contributed by atoms with van der Waals surface area (Å²) in [5, 5.41) is 8.11. The first-order valence-electron chi connectivity index (χ1n) is 46.6. The molecule has 6 aliphatic heterocycles. The molecular formula is C106H131Cl3N2O22. The fraction of sp³-hybridized carbons (Fsp3) is 0.509. The standard InChI is InChI=1S/C74H89NO16.C32H42Cl3NO6/c1-46-47(2)65(80-42-57-32-20-12-21-33-57)72(85-52(46)7)90-63-50(5)66(87-68(76)59-36-24-14-25-37-59)73(86-61(63)44-79-41-56-30-18-11-19-31-56)89-62-48(3)53(8)83-70(51(62)6)91-64-49(4)54(9)84-71(67(64)88-69(77)60-38-26-15-27-39-60)82-45-75(40-55-28-16-10-17-29-55)74(78)81-43-58-34-22-13-23-35-58;1-19-20(2)28(38-17-25-14-10-7-11-15-25)30(39-23(19)5)41-27-21(3)22(4)29(42-31(36)32(33,34)35)40-26(27)18-37-16-24-12-8-6-9-13-24/h10-39,46-54,61-67,70-73H,40-45H2,1-9H3;6-15,19-23,26-30,36H,16-18H2,1-5H3/t46-,47+,48+,49+,50+,51?,52?,53?,54?,61?,62+,63+,64+,65?,66?,67?,70+,71-,72-,73+;19-,20+,21-,22?,23?,26?,27+,28?,29?,30-/m11/s1. The molecular weight excluding hydrogens is 1760 g/mol. The average molecular weight is 1890 g/mol. The van der Waals surface area contributed by atoms with E-state index >= 15 is 0 Å². The summed E-state index contributed by atoms with van der Waals surface area (Å²) in [5.41, 5.74) is 6.44. The zero-order valence-corrected chi connectivity index (χ0v) is 80.6. The van der Waals surface area contributed by atoms with E-state index in [-0.39, 0.29) is 92.8 Å². The minimum absolute atomic E-state index is 0.0209. The molecule has 30 atom stereocenters. The van der Waals surface area contributed by atoms with E-state index in [1.807, 2.05) is 243 Å². The largest absolute Gasteiger partial charge is 0.453 e. The van der Waals surface area contributed by atoms with Gasteiger partial charge >= 0.3 is 18.0 Å². The van der Waals surface area contributed by atoms with Crippen molar-refractivity contribution in [1.82, 2.24) is 4.90 Å². The fourth-order valence-electron chi connectivity index (χ4n) is 17.8. The quantitative estimate of drug-likeness (QED) is 0.00982. The number of rotatable bonds is 34. The lowest BCUT2D eigenvalue weighted by atomic mass is 9.83. The van der Waals surface area contributed by atoms with Crippen LogP contribution in [-0.4, -0.2) is 176 Å². The van der Waals surface area contributed by atoms with Gasteiger partial charge < -0.3 is 90.0 Å². The van der Waals surface area contributed by atoms with Gasteiger partial charge in [0.15, 0.2) is 43.7 Å². The molecule has 0 aliphatic carbocycles. The second kappa shape index (κ2) is 49.1. The lowest BCUT2D eigenvalue weighted by molar-refractivity contribution is -0.370. The van der Waals surface area contributed by atoms with Crippen molar-refractivity contribution in [2.24, 2.45) is 59.2 Å². The van der Waals surface area contributed by atoms with Crippen LogP contribution in [0.1, 0.15) is 151 Å². The average Bonchev–Trinajstić information content (AvgIpc) is 0.768. The minimum Gasteiger partial charge on any atom is -0.453 e. The van der Waals surface area contributed by atoms with Crippen LogP contribution in [0.4, 0.5) is 4.79 Å². The van der Waals surface area contributed by atoms with Gasteiger partial charge in [0.2, 0.25) is 12.2 Å². The normalized spacial score (nSPS) is 32.3. The molecule has 0 bridgehead atoms. The molecule has 13 unspecified atom stereocenters. The van der Waals surface area contributed by atoms with E-state index in [1.54, 1.807) is 48.5 Å². The monoisotopic (exact) mass is 1890 g/mol. The number of benzene rings is 8. The third-order valence-corrected chi connectivity index (χ3v) is 27.7. The Labute approximate surface area is 798 Å². The second-order valence-electron chi connectivity index (χ2n) is 36.4. The highest BCUT2D eigenvalue weighted by Gasteiger charge is 2.56. The van der Waals surface area contributed by atoms with Crippen molar-refractivity contribution >= 4 is 58.7 Å². The van der Waals surface area contributed by atoms with Crippen LogP contribution in [0, 0.1) is 64.6 Å². The van der Waals surface area contributed by atoms with Crippen LogP contribution >= 0.6 is 34.8 Å². The van der Waals surface area contributed by atoms with Crippen molar-refractivity contribution in [3.63, 3.8) is 0 Å². The number of nitrogens with zero attached hydrogens (tertiary/aromatic N) is 1. The third-order valence-electron chi connectivity index (χ3n) is 27.2. The van der Waals surface area contributed by atoms with Crippen LogP contribution in [0.2, 0.25) is 0 Å². The van der Waals surface area contributed by atoms with Gasteiger partial charge in [-0.1, -0.05) is 322 Å². The molecule has 1 N–H and O–H groups in total. The molecule has 0 aromatic heterocycles. The van der Waals surface area contributed by atoms with Gasteiger partial charge in [0.25, 0.3) is 3.79 Å². The van der Waals surface area contributed by atoms with Gasteiger partial charge in [0, 0.05) is 29.6 Å². The molecule has 8 aromatic carbocycles. The highest BCUT2D eigenvalue weighted by atomic mass is 35.6. The molecule has 6 fully saturated rings. The number of esters is 2. The number of ether oxygens (including phenoxy) is 19. The number of amides is 1. The Balaban J connectivity index is 0.000000298. The van der Waals surface area contributed by atoms with Crippen molar-refractivity contribution in [3.8, 4) is 0 Å². The Morgan fingerprint density at radius 1 is 0.308 bits per heavy atom. The van der Waals surface area contributed by atoms with Gasteiger partial charge in [-0.15, -0.1) is 0 Å². The number of hydrogen-bond donors (Lipinski definition) is 1. The highest BCUT2D eigenvalue weighted by Crippen LogP contribution is 2.46. The Hall–Kier alpha value is -8.29. The van der Waals surface area contributed by atoms with Crippen molar-refractivity contribution in [3.05, 3.63) is 287 Å². The van der Waals surface area contributed by atoms with Gasteiger partial charge in [0.05, 0.1) is 100 Å². The maximum Gasteiger partial charge on any atom is 0.412 e. The molecule has 8 aromatic rings. The first-order valence-corrected chi connectivity index (χ1v) is 47.7.